The molecule has 7 heteroatoms. The van der Waals surface area contributed by atoms with Crippen LogP contribution < -0.4 is 4.74 Å². The molecule has 2 aliphatic rings. The van der Waals surface area contributed by atoms with E-state index in [-0.39, 0.29) is 33.8 Å². The van der Waals surface area contributed by atoms with Crippen molar-refractivity contribution < 1.29 is 17.5 Å². The lowest BCUT2D eigenvalue weighted by Gasteiger charge is -2.47. The first-order valence-electron chi connectivity index (χ1n) is 8.49. The zero-order chi connectivity index (χ0) is 18.5. The minimum atomic E-state index is -3.89. The molecule has 138 valence electrons. The van der Waals surface area contributed by atoms with Gasteiger partial charge in [0.1, 0.15) is 16.3 Å². The standard InChI is InChI=1S/C19H17Cl2FO3S/c20-13-4-6-14(7-5-13)26(23,24)19-10-2-1-3-12(19)11-25-18-15(21)8-9-16(22)17(18)19/h4-9,12H,1-3,10-11H2/t12?,19-/m1/s1. The smallest absolute Gasteiger partial charge is 0.188 e. The highest BCUT2D eigenvalue weighted by atomic mass is 35.5. The van der Waals surface area contributed by atoms with E-state index in [0.29, 0.717) is 24.3 Å². The van der Waals surface area contributed by atoms with Crippen LogP contribution in [0, 0.1) is 11.7 Å². The SMILES string of the molecule is O=S(=O)(c1ccc(Cl)cc1)[C@]12CCCCC1COc1c(Cl)ccc(F)c12. The molecule has 1 aliphatic carbocycles. The summed E-state index contributed by atoms with van der Waals surface area (Å²) in [5, 5.41) is 0.680. The van der Waals surface area contributed by atoms with Crippen molar-refractivity contribution in [2.45, 2.75) is 35.3 Å². The molecule has 1 aliphatic heterocycles. The third kappa shape index (κ3) is 2.48. The summed E-state index contributed by atoms with van der Waals surface area (Å²) in [6.45, 7) is 0.211. The summed E-state index contributed by atoms with van der Waals surface area (Å²) in [5.74, 6) is -0.756. The van der Waals surface area contributed by atoms with E-state index in [4.69, 9.17) is 27.9 Å². The molecule has 0 saturated heterocycles. The summed E-state index contributed by atoms with van der Waals surface area (Å²) in [4.78, 5) is 0.140. The molecule has 3 nitrogen and oxygen atoms in total. The van der Waals surface area contributed by atoms with Crippen molar-refractivity contribution in [2.24, 2.45) is 5.92 Å². The van der Waals surface area contributed by atoms with Crippen LogP contribution in [0.15, 0.2) is 41.3 Å². The van der Waals surface area contributed by atoms with Gasteiger partial charge < -0.3 is 4.74 Å². The molecule has 2 aromatic rings. The third-order valence-electron chi connectivity index (χ3n) is 5.52. The summed E-state index contributed by atoms with van der Waals surface area (Å²) in [6, 6.07) is 8.67. The van der Waals surface area contributed by atoms with Crippen molar-refractivity contribution in [1.82, 2.24) is 0 Å². The van der Waals surface area contributed by atoms with Crippen LogP contribution in [0.25, 0.3) is 0 Å². The number of benzene rings is 2. The van der Waals surface area contributed by atoms with Crippen molar-refractivity contribution in [1.29, 1.82) is 0 Å². The number of hydrogen-bond acceptors (Lipinski definition) is 3. The lowest BCUT2D eigenvalue weighted by atomic mass is 9.73. The van der Waals surface area contributed by atoms with Gasteiger partial charge in [0.25, 0.3) is 0 Å². The zero-order valence-corrected chi connectivity index (χ0v) is 16.2. The predicted molar refractivity (Wildman–Crippen MR) is 99.2 cm³/mol. The largest absolute Gasteiger partial charge is 0.491 e. The number of hydrogen-bond donors (Lipinski definition) is 0. The maximum absolute atomic E-state index is 15.0. The maximum Gasteiger partial charge on any atom is 0.188 e. The van der Waals surface area contributed by atoms with Crippen molar-refractivity contribution in [3.63, 3.8) is 0 Å². The molecule has 2 aromatic carbocycles. The van der Waals surface area contributed by atoms with Crippen LogP contribution in [0.2, 0.25) is 10.0 Å². The van der Waals surface area contributed by atoms with Gasteiger partial charge in [0, 0.05) is 10.9 Å². The van der Waals surface area contributed by atoms with Crippen molar-refractivity contribution in [3.05, 3.63) is 57.8 Å². The Morgan fingerprint density at radius 3 is 2.54 bits per heavy atom. The van der Waals surface area contributed by atoms with Gasteiger partial charge in [-0.3, -0.25) is 0 Å². The van der Waals surface area contributed by atoms with Gasteiger partial charge in [0.05, 0.1) is 22.1 Å². The molecule has 1 heterocycles. The molecular formula is C19H17Cl2FO3S. The molecule has 0 N–H and O–H groups in total. The Kier molecular flexibility index (Phi) is 4.45. The number of sulfone groups is 1. The first kappa shape index (κ1) is 18.1. The Balaban J connectivity index is 2.02. The number of ether oxygens (including phenoxy) is 1. The van der Waals surface area contributed by atoms with Gasteiger partial charge in [-0.25, -0.2) is 12.8 Å². The van der Waals surface area contributed by atoms with Gasteiger partial charge in [-0.05, 0) is 49.2 Å². The topological polar surface area (TPSA) is 43.4 Å². The first-order chi connectivity index (χ1) is 12.4. The Labute approximate surface area is 162 Å². The molecule has 1 unspecified atom stereocenters. The molecule has 4 rings (SSSR count). The fourth-order valence-electron chi connectivity index (χ4n) is 4.33. The van der Waals surface area contributed by atoms with Gasteiger partial charge in [-0.1, -0.05) is 36.0 Å². The molecular weight excluding hydrogens is 398 g/mol. The predicted octanol–water partition coefficient (Wildman–Crippen LogP) is 5.38. The minimum absolute atomic E-state index is 0.0795. The summed E-state index contributed by atoms with van der Waals surface area (Å²) in [5.41, 5.74) is 0.0795. The van der Waals surface area contributed by atoms with Crippen molar-refractivity contribution in [3.8, 4) is 5.75 Å². The highest BCUT2D eigenvalue weighted by molar-refractivity contribution is 7.92. The average Bonchev–Trinajstić information content (AvgIpc) is 2.64. The van der Waals surface area contributed by atoms with E-state index in [1.165, 1.54) is 36.4 Å². The second-order valence-electron chi connectivity index (χ2n) is 6.83. The molecule has 0 spiro atoms. The van der Waals surface area contributed by atoms with Crippen LogP contribution in [0.1, 0.15) is 31.2 Å². The normalized spacial score (nSPS) is 25.1. The van der Waals surface area contributed by atoms with Gasteiger partial charge in [0.15, 0.2) is 9.84 Å². The second kappa shape index (κ2) is 6.39. The number of halogens is 3. The maximum atomic E-state index is 15.0. The van der Waals surface area contributed by atoms with Gasteiger partial charge in [-0.2, -0.15) is 0 Å². The van der Waals surface area contributed by atoms with Gasteiger partial charge in [-0.15, -0.1) is 0 Å². The first-order valence-corrected chi connectivity index (χ1v) is 10.7. The van der Waals surface area contributed by atoms with Crippen LogP contribution in [0.4, 0.5) is 4.39 Å². The molecule has 2 atom stereocenters. The van der Waals surface area contributed by atoms with Crippen LogP contribution >= 0.6 is 23.2 Å². The van der Waals surface area contributed by atoms with Gasteiger partial charge >= 0.3 is 0 Å². The summed E-state index contributed by atoms with van der Waals surface area (Å²) in [6.07, 6.45) is 2.60. The fourth-order valence-corrected chi connectivity index (χ4v) is 7.08. The highest BCUT2D eigenvalue weighted by Crippen LogP contribution is 2.57. The Bertz CT molecular complexity index is 959. The monoisotopic (exact) mass is 414 g/mol. The van der Waals surface area contributed by atoms with Crippen LogP contribution in [0.3, 0.4) is 0 Å². The van der Waals surface area contributed by atoms with E-state index in [2.05, 4.69) is 0 Å². The molecule has 26 heavy (non-hydrogen) atoms. The van der Waals surface area contributed by atoms with E-state index < -0.39 is 20.4 Å². The van der Waals surface area contributed by atoms with E-state index >= 15 is 0 Å². The molecule has 0 aromatic heterocycles. The van der Waals surface area contributed by atoms with E-state index in [0.717, 1.165) is 6.42 Å². The lowest BCUT2D eigenvalue weighted by Crippen LogP contribution is -2.50. The minimum Gasteiger partial charge on any atom is -0.491 e. The Hall–Kier alpha value is -1.30. The summed E-state index contributed by atoms with van der Waals surface area (Å²) >= 11 is 12.1. The molecule has 1 fully saturated rings. The molecule has 0 bridgehead atoms. The third-order valence-corrected chi connectivity index (χ3v) is 8.67. The van der Waals surface area contributed by atoms with E-state index in [1.807, 2.05) is 0 Å². The van der Waals surface area contributed by atoms with Crippen LogP contribution in [-0.2, 0) is 14.6 Å². The Morgan fingerprint density at radius 1 is 1.08 bits per heavy atom. The summed E-state index contributed by atoms with van der Waals surface area (Å²) in [7, 11) is -3.89. The Morgan fingerprint density at radius 2 is 1.81 bits per heavy atom. The number of fused-ring (bicyclic) bond motifs is 3. The quantitative estimate of drug-likeness (QED) is 0.661. The van der Waals surface area contributed by atoms with Crippen LogP contribution in [0.5, 0.6) is 5.75 Å². The molecule has 0 amide bonds. The van der Waals surface area contributed by atoms with Crippen molar-refractivity contribution >= 4 is 33.0 Å². The van der Waals surface area contributed by atoms with E-state index in [9.17, 15) is 12.8 Å². The lowest BCUT2D eigenvalue weighted by molar-refractivity contribution is 0.130. The second-order valence-corrected chi connectivity index (χ2v) is 9.88. The molecule has 0 radical (unpaired) electrons. The van der Waals surface area contributed by atoms with Crippen molar-refractivity contribution in [2.75, 3.05) is 6.61 Å². The number of rotatable bonds is 2. The van der Waals surface area contributed by atoms with Gasteiger partial charge in [0.2, 0.25) is 0 Å². The fraction of sp³-hybridized carbons (Fsp3) is 0.368. The van der Waals surface area contributed by atoms with E-state index in [1.54, 1.807) is 0 Å². The average molecular weight is 415 g/mol. The summed E-state index contributed by atoms with van der Waals surface area (Å²) < 4.78 is 46.8. The zero-order valence-electron chi connectivity index (χ0n) is 13.8. The van der Waals surface area contributed by atoms with Crippen LogP contribution in [-0.4, -0.2) is 15.0 Å². The molecule has 1 saturated carbocycles. The highest BCUT2D eigenvalue weighted by Gasteiger charge is 2.58.